The average Bonchev–Trinajstić information content (AvgIpc) is 3.33. The fraction of sp³-hybridized carbons (Fsp3) is 1.00. The SMILES string of the molecule is COC[C@@H]1C(CO)O[C@H](OCC2O[C@H](OOC)C(O)[C@H](O)[C@@H]2COC[C@H]2OC(CO)[C@@H](COC[C@H]3OC(CO[C@H]4OC(CO)[C@@H](COC)[C@@H](O)C4O)[C@@H](COC)[C@@H](O)C3O)[C@@H](O)C2O)C(O)[C@@H]1O. The number of methoxy groups -OCH3 is 3. The molecule has 27 nitrogen and oxygen atoms in total. The number of aliphatic hydroxyl groups is 13. The third kappa shape index (κ3) is 13.7. The predicted octanol–water partition coefficient (Wildman–Crippen LogP) is -8.05. The van der Waals surface area contributed by atoms with Gasteiger partial charge in [-0.15, -0.1) is 0 Å². The lowest BCUT2D eigenvalue weighted by Crippen LogP contribution is -2.61. The molecule has 5 heterocycles. The Morgan fingerprint density at radius 2 is 0.618 bits per heavy atom. The van der Waals surface area contributed by atoms with Crippen LogP contribution in [0.15, 0.2) is 0 Å². The summed E-state index contributed by atoms with van der Waals surface area (Å²) in [5.41, 5.74) is 0. The third-order valence-corrected chi connectivity index (χ3v) is 13.4. The van der Waals surface area contributed by atoms with E-state index in [0.29, 0.717) is 0 Å². The Bertz CT molecular complexity index is 1400. The van der Waals surface area contributed by atoms with Crippen molar-refractivity contribution < 1.29 is 133 Å². The standard InChI is InChI=1S/C41H74O27/c1-55-8-17-23(6-43)65-39(36(52)31(17)47)61-15-25-19(10-57-3)29(45)35(51)28(64-25)14-59-11-20-22(5-42)63-27(34(50)30(20)46)13-60-12-21-26(67-41(68-58-4)38(54)33(21)49)16-62-40-37(53)32(48)18(9-56-2)24(7-44)66-40/h17-54H,5-16H2,1-4H3/t17-,18-,19-,20-,21-,22?,23?,24?,25?,26?,27-,28-,29-,30-,31-,32-,33-,34?,35?,36?,37?,38?,39+,40+,41-/m1/s1. The average molecular weight is 999 g/mol. The van der Waals surface area contributed by atoms with Crippen molar-refractivity contribution in [2.24, 2.45) is 29.6 Å². The molecule has 25 atom stereocenters. The molecule has 0 bridgehead atoms. The first kappa shape index (κ1) is 57.8. The molecule has 13 N–H and O–H groups in total. The Morgan fingerprint density at radius 1 is 0.309 bits per heavy atom. The second-order valence-electron chi connectivity index (χ2n) is 17.7. The van der Waals surface area contributed by atoms with E-state index in [1.165, 1.54) is 21.3 Å². The minimum atomic E-state index is -1.66. The maximum absolute atomic E-state index is 11.2. The van der Waals surface area contributed by atoms with E-state index in [1.807, 2.05) is 0 Å². The van der Waals surface area contributed by atoms with Crippen LogP contribution in [0, 0.1) is 29.6 Å². The van der Waals surface area contributed by atoms with Crippen LogP contribution in [0.25, 0.3) is 0 Å². The van der Waals surface area contributed by atoms with Gasteiger partial charge in [0.25, 0.3) is 0 Å². The first-order valence-corrected chi connectivity index (χ1v) is 22.6. The Balaban J connectivity index is 1.15. The summed E-state index contributed by atoms with van der Waals surface area (Å²) in [7, 11) is 5.31. The minimum Gasteiger partial charge on any atom is -0.394 e. The molecule has 0 saturated carbocycles. The number of ether oxygens (including phenoxy) is 12. The summed E-state index contributed by atoms with van der Waals surface area (Å²) in [5.74, 6) is -4.49. The second-order valence-corrected chi connectivity index (χ2v) is 17.7. The molecule has 0 aromatic heterocycles. The largest absolute Gasteiger partial charge is 0.394 e. The van der Waals surface area contributed by atoms with Crippen molar-refractivity contribution in [3.05, 3.63) is 0 Å². The zero-order valence-electron chi connectivity index (χ0n) is 38.4. The van der Waals surface area contributed by atoms with Crippen LogP contribution in [0.4, 0.5) is 0 Å². The highest BCUT2D eigenvalue weighted by Gasteiger charge is 2.51. The molecule has 5 fully saturated rings. The highest BCUT2D eigenvalue weighted by Crippen LogP contribution is 2.34. The fourth-order valence-corrected chi connectivity index (χ4v) is 9.38. The van der Waals surface area contributed by atoms with Crippen molar-refractivity contribution in [1.29, 1.82) is 0 Å². The highest BCUT2D eigenvalue weighted by atomic mass is 17.2. The van der Waals surface area contributed by atoms with Gasteiger partial charge in [0, 0.05) is 50.9 Å². The summed E-state index contributed by atoms with van der Waals surface area (Å²) in [4.78, 5) is 9.62. The number of hydrogen-bond acceptors (Lipinski definition) is 27. The van der Waals surface area contributed by atoms with Gasteiger partial charge in [-0.3, -0.25) is 0 Å². The molecule has 0 aromatic rings. The van der Waals surface area contributed by atoms with Crippen molar-refractivity contribution in [2.75, 3.05) is 108 Å². The summed E-state index contributed by atoms with van der Waals surface area (Å²) in [5, 5.41) is 139. The highest BCUT2D eigenvalue weighted by molar-refractivity contribution is 4.96. The van der Waals surface area contributed by atoms with Gasteiger partial charge >= 0.3 is 0 Å². The summed E-state index contributed by atoms with van der Waals surface area (Å²) in [6.45, 7) is -4.06. The van der Waals surface area contributed by atoms with Gasteiger partial charge in [0.2, 0.25) is 6.29 Å². The molecule has 27 heteroatoms. The van der Waals surface area contributed by atoms with Gasteiger partial charge in [-0.25, -0.2) is 9.78 Å². The van der Waals surface area contributed by atoms with Crippen molar-refractivity contribution in [3.8, 4) is 0 Å². The van der Waals surface area contributed by atoms with Crippen molar-refractivity contribution in [1.82, 2.24) is 0 Å². The Morgan fingerprint density at radius 3 is 1.01 bits per heavy atom. The van der Waals surface area contributed by atoms with Gasteiger partial charge < -0.3 is 123 Å². The number of hydrogen-bond donors (Lipinski definition) is 13. The van der Waals surface area contributed by atoms with E-state index in [4.69, 9.17) is 61.7 Å². The van der Waals surface area contributed by atoms with E-state index in [9.17, 15) is 66.4 Å². The van der Waals surface area contributed by atoms with Gasteiger partial charge in [0.05, 0.1) is 147 Å². The van der Waals surface area contributed by atoms with Crippen LogP contribution in [0.1, 0.15) is 0 Å². The van der Waals surface area contributed by atoms with Gasteiger partial charge in [-0.1, -0.05) is 0 Å². The first-order chi connectivity index (χ1) is 32.6. The maximum atomic E-state index is 11.2. The quantitative estimate of drug-likeness (QED) is 0.0298. The second kappa shape index (κ2) is 27.8. The molecule has 68 heavy (non-hydrogen) atoms. The number of aliphatic hydroxyl groups excluding tert-OH is 13. The zero-order chi connectivity index (χ0) is 49.8. The van der Waals surface area contributed by atoms with Crippen LogP contribution >= 0.6 is 0 Å². The maximum Gasteiger partial charge on any atom is 0.220 e. The fourth-order valence-electron chi connectivity index (χ4n) is 9.38. The predicted molar refractivity (Wildman–Crippen MR) is 219 cm³/mol. The van der Waals surface area contributed by atoms with Crippen LogP contribution in [0.2, 0.25) is 0 Å². The Labute approximate surface area is 392 Å². The summed E-state index contributed by atoms with van der Waals surface area (Å²) >= 11 is 0. The van der Waals surface area contributed by atoms with E-state index in [-0.39, 0.29) is 46.2 Å². The van der Waals surface area contributed by atoms with Crippen LogP contribution in [-0.2, 0) is 66.6 Å². The smallest absolute Gasteiger partial charge is 0.220 e. The first-order valence-electron chi connectivity index (χ1n) is 22.6. The number of rotatable bonds is 25. The van der Waals surface area contributed by atoms with Gasteiger partial charge in [-0.05, 0) is 0 Å². The third-order valence-electron chi connectivity index (χ3n) is 13.4. The molecule has 0 amide bonds. The summed E-state index contributed by atoms with van der Waals surface area (Å²) in [6, 6.07) is 0. The molecule has 0 radical (unpaired) electrons. The molecule has 5 aliphatic heterocycles. The van der Waals surface area contributed by atoms with E-state index < -0.39 is 185 Å². The summed E-state index contributed by atoms with van der Waals surface area (Å²) in [6.07, 6.45) is -27.2. The molecule has 10 unspecified atom stereocenters. The van der Waals surface area contributed by atoms with Crippen LogP contribution < -0.4 is 0 Å². The van der Waals surface area contributed by atoms with E-state index >= 15 is 0 Å². The Hall–Kier alpha value is -1.08. The van der Waals surface area contributed by atoms with Crippen LogP contribution in [0.3, 0.4) is 0 Å². The van der Waals surface area contributed by atoms with E-state index in [0.717, 1.165) is 7.11 Å². The normalized spacial score (nSPS) is 45.9. The van der Waals surface area contributed by atoms with Gasteiger partial charge in [-0.2, -0.15) is 0 Å². The topological polar surface area (TPSA) is 392 Å². The van der Waals surface area contributed by atoms with Gasteiger partial charge in [0.1, 0.15) is 42.7 Å². The lowest BCUT2D eigenvalue weighted by Gasteiger charge is -2.45. The summed E-state index contributed by atoms with van der Waals surface area (Å²) < 4.78 is 67.9. The lowest BCUT2D eigenvalue weighted by molar-refractivity contribution is -0.417. The molecule has 5 rings (SSSR count). The van der Waals surface area contributed by atoms with Crippen LogP contribution in [-0.4, -0.2) is 297 Å². The molecule has 400 valence electrons. The Kier molecular flexibility index (Phi) is 23.7. The van der Waals surface area contributed by atoms with Gasteiger partial charge in [0.15, 0.2) is 12.6 Å². The van der Waals surface area contributed by atoms with Crippen molar-refractivity contribution >= 4 is 0 Å². The van der Waals surface area contributed by atoms with E-state index in [2.05, 4.69) is 4.89 Å². The molecule has 0 aromatic carbocycles. The minimum absolute atomic E-state index is 0.00826. The molecule has 0 spiro atoms. The molecular weight excluding hydrogens is 924 g/mol. The monoisotopic (exact) mass is 998 g/mol. The molecular formula is C41H74O27. The van der Waals surface area contributed by atoms with Crippen LogP contribution in [0.5, 0.6) is 0 Å². The molecule has 5 saturated heterocycles. The molecule has 5 aliphatic rings. The lowest BCUT2D eigenvalue weighted by atomic mass is 9.86. The molecule has 0 aliphatic carbocycles. The zero-order valence-corrected chi connectivity index (χ0v) is 38.4. The van der Waals surface area contributed by atoms with Crippen molar-refractivity contribution in [3.63, 3.8) is 0 Å². The van der Waals surface area contributed by atoms with E-state index in [1.54, 1.807) is 0 Å². The van der Waals surface area contributed by atoms with Crippen molar-refractivity contribution in [2.45, 2.75) is 123 Å².